The summed E-state index contributed by atoms with van der Waals surface area (Å²) in [5.74, 6) is -0.222. The van der Waals surface area contributed by atoms with E-state index in [0.29, 0.717) is 13.1 Å². The van der Waals surface area contributed by atoms with Crippen molar-refractivity contribution in [3.05, 3.63) is 18.0 Å². The van der Waals surface area contributed by atoms with Gasteiger partial charge in [0.05, 0.1) is 0 Å². The molecule has 2 heterocycles. The average molecular weight is 277 g/mol. The third-order valence-corrected chi connectivity index (χ3v) is 3.13. The number of carbonyl (C=O) groups excluding carboxylic acids is 1. The molecule has 1 unspecified atom stereocenters. The van der Waals surface area contributed by atoms with Crippen LogP contribution in [0, 0.1) is 5.92 Å². The van der Waals surface area contributed by atoms with Crippen LogP contribution in [0.5, 0.6) is 0 Å². The maximum absolute atomic E-state index is 12.3. The zero-order chi connectivity index (χ0) is 14.0. The molecule has 1 aromatic rings. The van der Waals surface area contributed by atoms with Crippen molar-refractivity contribution < 1.29 is 23.1 Å². The molecular weight excluding hydrogens is 263 g/mol. The van der Waals surface area contributed by atoms with Crippen LogP contribution in [0.3, 0.4) is 0 Å². The lowest BCUT2D eigenvalue weighted by atomic mass is 10.1. The minimum atomic E-state index is -4.50. The van der Waals surface area contributed by atoms with Gasteiger partial charge in [-0.05, 0) is 12.5 Å². The topological polar surface area (TPSA) is 58.4 Å². The Hall–Kier alpha value is -1.57. The van der Waals surface area contributed by atoms with Gasteiger partial charge in [-0.25, -0.2) is 0 Å². The number of carbonyl (C=O) groups is 1. The minimum Gasteiger partial charge on any atom is -0.396 e. The summed E-state index contributed by atoms with van der Waals surface area (Å²) in [7, 11) is 0. The summed E-state index contributed by atoms with van der Waals surface area (Å²) < 4.78 is 38.0. The van der Waals surface area contributed by atoms with Crippen molar-refractivity contribution in [1.29, 1.82) is 0 Å². The molecule has 1 aliphatic rings. The van der Waals surface area contributed by atoms with E-state index in [0.717, 1.165) is 23.4 Å². The Morgan fingerprint density at radius 2 is 2.26 bits per heavy atom. The summed E-state index contributed by atoms with van der Waals surface area (Å²) >= 11 is 0. The maximum atomic E-state index is 12.3. The molecule has 1 N–H and O–H groups in total. The number of rotatable bonds is 3. The number of amides is 1. The second-order valence-corrected chi connectivity index (χ2v) is 4.57. The molecule has 0 aliphatic carbocycles. The monoisotopic (exact) mass is 277 g/mol. The average Bonchev–Trinajstić information content (AvgIpc) is 2.95. The zero-order valence-corrected chi connectivity index (χ0v) is 10.1. The second kappa shape index (κ2) is 5.20. The zero-order valence-electron chi connectivity index (χ0n) is 10.1. The summed E-state index contributed by atoms with van der Waals surface area (Å²) in [4.78, 5) is 13.4. The number of likely N-dealkylation sites (tertiary alicyclic amines) is 1. The summed E-state index contributed by atoms with van der Waals surface area (Å²) in [6.07, 6.45) is -2.64. The fraction of sp³-hybridized carbons (Fsp3) is 0.636. The predicted octanol–water partition coefficient (Wildman–Crippen LogP) is 0.743. The lowest BCUT2D eigenvalue weighted by molar-refractivity contribution is -0.142. The first-order chi connectivity index (χ1) is 8.90. The first-order valence-electron chi connectivity index (χ1n) is 5.89. The third-order valence-electron chi connectivity index (χ3n) is 3.13. The summed E-state index contributed by atoms with van der Waals surface area (Å²) in [5, 5.41) is 12.3. The summed E-state index contributed by atoms with van der Waals surface area (Å²) in [6, 6.07) is 0.841. The first-order valence-corrected chi connectivity index (χ1v) is 5.89. The molecule has 2 rings (SSSR count). The lowest BCUT2D eigenvalue weighted by Gasteiger charge is -2.16. The summed E-state index contributed by atoms with van der Waals surface area (Å²) in [6.45, 7) is 0.776. The number of halogens is 3. The molecule has 5 nitrogen and oxygen atoms in total. The van der Waals surface area contributed by atoms with Crippen LogP contribution in [0.2, 0.25) is 0 Å². The highest BCUT2D eigenvalue weighted by Crippen LogP contribution is 2.27. The van der Waals surface area contributed by atoms with Crippen molar-refractivity contribution in [1.82, 2.24) is 14.7 Å². The molecule has 1 fully saturated rings. The van der Waals surface area contributed by atoms with Crippen molar-refractivity contribution in [2.45, 2.75) is 19.1 Å². The van der Waals surface area contributed by atoms with Crippen LogP contribution in [0.1, 0.15) is 12.1 Å². The van der Waals surface area contributed by atoms with E-state index < -0.39 is 11.9 Å². The molecule has 1 saturated heterocycles. The number of aliphatic hydroxyl groups is 1. The van der Waals surface area contributed by atoms with Gasteiger partial charge in [0, 0.05) is 31.8 Å². The van der Waals surface area contributed by atoms with E-state index in [1.165, 1.54) is 4.90 Å². The van der Waals surface area contributed by atoms with Gasteiger partial charge in [-0.3, -0.25) is 9.48 Å². The fourth-order valence-corrected chi connectivity index (χ4v) is 2.05. The van der Waals surface area contributed by atoms with Crippen LogP contribution in [-0.4, -0.2) is 45.4 Å². The van der Waals surface area contributed by atoms with E-state index in [-0.39, 0.29) is 25.0 Å². The van der Waals surface area contributed by atoms with Gasteiger partial charge in [-0.15, -0.1) is 0 Å². The largest absolute Gasteiger partial charge is 0.435 e. The fourth-order valence-electron chi connectivity index (χ4n) is 2.05. The van der Waals surface area contributed by atoms with Crippen molar-refractivity contribution in [3.8, 4) is 0 Å². The SMILES string of the molecule is O=C(Cn1ccc(C(F)(F)F)n1)N1CCC(CO)C1. The molecule has 0 aromatic carbocycles. The van der Waals surface area contributed by atoms with Crippen LogP contribution in [0.4, 0.5) is 13.2 Å². The molecule has 19 heavy (non-hydrogen) atoms. The highest BCUT2D eigenvalue weighted by Gasteiger charge is 2.34. The van der Waals surface area contributed by atoms with Gasteiger partial charge in [-0.1, -0.05) is 0 Å². The smallest absolute Gasteiger partial charge is 0.396 e. The molecule has 1 aliphatic heterocycles. The quantitative estimate of drug-likeness (QED) is 0.886. The van der Waals surface area contributed by atoms with Crippen molar-refractivity contribution >= 4 is 5.91 Å². The van der Waals surface area contributed by atoms with E-state index in [4.69, 9.17) is 5.11 Å². The highest BCUT2D eigenvalue weighted by atomic mass is 19.4. The maximum Gasteiger partial charge on any atom is 0.435 e. The molecule has 1 amide bonds. The van der Waals surface area contributed by atoms with Gasteiger partial charge in [-0.2, -0.15) is 18.3 Å². The number of hydrogen-bond acceptors (Lipinski definition) is 3. The minimum absolute atomic E-state index is 0.0176. The van der Waals surface area contributed by atoms with Crippen LogP contribution in [-0.2, 0) is 17.5 Å². The van der Waals surface area contributed by atoms with Crippen LogP contribution in [0.25, 0.3) is 0 Å². The van der Waals surface area contributed by atoms with Gasteiger partial charge in [0.2, 0.25) is 5.91 Å². The number of aromatic nitrogens is 2. The molecular formula is C11H14F3N3O2. The molecule has 0 spiro atoms. The van der Waals surface area contributed by atoms with Crippen LogP contribution < -0.4 is 0 Å². The Morgan fingerprint density at radius 3 is 2.79 bits per heavy atom. The van der Waals surface area contributed by atoms with E-state index in [1.807, 2.05) is 0 Å². The van der Waals surface area contributed by atoms with Gasteiger partial charge in [0.15, 0.2) is 5.69 Å². The Morgan fingerprint density at radius 1 is 1.53 bits per heavy atom. The Balaban J connectivity index is 1.94. The van der Waals surface area contributed by atoms with Gasteiger partial charge < -0.3 is 10.0 Å². The van der Waals surface area contributed by atoms with Crippen LogP contribution in [0.15, 0.2) is 12.3 Å². The predicted molar refractivity (Wildman–Crippen MR) is 59.0 cm³/mol. The molecule has 0 saturated carbocycles. The standard InChI is InChI=1S/C11H14F3N3O2/c12-11(13,14)9-2-4-17(15-9)6-10(19)16-3-1-8(5-16)7-18/h2,4,8,18H,1,3,5-7H2. The van der Waals surface area contributed by atoms with Crippen molar-refractivity contribution in [3.63, 3.8) is 0 Å². The van der Waals surface area contributed by atoms with Gasteiger partial charge in [0.1, 0.15) is 6.54 Å². The van der Waals surface area contributed by atoms with Crippen LogP contribution >= 0.6 is 0 Å². The number of alkyl halides is 3. The number of nitrogens with zero attached hydrogens (tertiary/aromatic N) is 3. The Kier molecular flexibility index (Phi) is 3.79. The van der Waals surface area contributed by atoms with Crippen molar-refractivity contribution in [2.75, 3.05) is 19.7 Å². The van der Waals surface area contributed by atoms with E-state index >= 15 is 0 Å². The Labute approximate surface area is 107 Å². The second-order valence-electron chi connectivity index (χ2n) is 4.57. The third kappa shape index (κ3) is 3.25. The van der Waals surface area contributed by atoms with Gasteiger partial charge in [0.25, 0.3) is 0 Å². The highest BCUT2D eigenvalue weighted by molar-refractivity contribution is 5.76. The molecule has 106 valence electrons. The van der Waals surface area contributed by atoms with E-state index in [9.17, 15) is 18.0 Å². The molecule has 1 aromatic heterocycles. The summed E-state index contributed by atoms with van der Waals surface area (Å²) in [5.41, 5.74) is -1.00. The normalized spacial score (nSPS) is 20.0. The molecule has 8 heteroatoms. The number of hydrogen-bond donors (Lipinski definition) is 1. The molecule has 0 bridgehead atoms. The molecule has 0 radical (unpaired) electrons. The Bertz CT molecular complexity index is 458. The van der Waals surface area contributed by atoms with E-state index in [1.54, 1.807) is 0 Å². The number of aliphatic hydroxyl groups excluding tert-OH is 1. The lowest BCUT2D eigenvalue weighted by Crippen LogP contribution is -2.32. The van der Waals surface area contributed by atoms with Gasteiger partial charge >= 0.3 is 6.18 Å². The van der Waals surface area contributed by atoms with E-state index in [2.05, 4.69) is 5.10 Å². The first kappa shape index (κ1) is 13.9. The van der Waals surface area contributed by atoms with Crippen molar-refractivity contribution in [2.24, 2.45) is 5.92 Å². The molecule has 1 atom stereocenters.